The van der Waals surface area contributed by atoms with Crippen molar-refractivity contribution in [2.75, 3.05) is 22.9 Å². The summed E-state index contributed by atoms with van der Waals surface area (Å²) in [5, 5.41) is 3.45. The number of nitrogens with zero attached hydrogens (tertiary/aromatic N) is 1. The molecular formula is C19H22ClFN2O3S2. The van der Waals surface area contributed by atoms with Crippen molar-refractivity contribution in [2.45, 2.75) is 18.7 Å². The van der Waals surface area contributed by atoms with Gasteiger partial charge in [0, 0.05) is 23.1 Å². The first-order chi connectivity index (χ1) is 13.2. The van der Waals surface area contributed by atoms with Crippen molar-refractivity contribution >= 4 is 45.0 Å². The monoisotopic (exact) mass is 444 g/mol. The lowest BCUT2D eigenvalue weighted by molar-refractivity contribution is -0.121. The highest BCUT2D eigenvalue weighted by atomic mass is 35.5. The van der Waals surface area contributed by atoms with E-state index in [0.29, 0.717) is 17.3 Å². The van der Waals surface area contributed by atoms with Crippen LogP contribution in [0, 0.1) is 5.82 Å². The van der Waals surface area contributed by atoms with Crippen LogP contribution in [0.2, 0.25) is 5.02 Å². The average molecular weight is 445 g/mol. The van der Waals surface area contributed by atoms with E-state index >= 15 is 0 Å². The SMILES string of the molecule is CC(C(=O)NCCSCc1ccccc1Cl)N(c1ccc(F)cc1)S(C)(=O)=O. The van der Waals surface area contributed by atoms with Gasteiger partial charge in [-0.15, -0.1) is 0 Å². The molecule has 0 saturated carbocycles. The van der Waals surface area contributed by atoms with Crippen LogP contribution in [0.3, 0.4) is 0 Å². The molecule has 2 aromatic rings. The molecule has 0 radical (unpaired) electrons. The van der Waals surface area contributed by atoms with Gasteiger partial charge in [0.1, 0.15) is 11.9 Å². The van der Waals surface area contributed by atoms with Gasteiger partial charge in [-0.3, -0.25) is 9.10 Å². The summed E-state index contributed by atoms with van der Waals surface area (Å²) in [6, 6.07) is 11.6. The van der Waals surface area contributed by atoms with Gasteiger partial charge in [0.2, 0.25) is 15.9 Å². The lowest BCUT2D eigenvalue weighted by atomic mass is 10.2. The Kier molecular flexibility index (Phi) is 8.15. The van der Waals surface area contributed by atoms with E-state index in [1.165, 1.54) is 19.1 Å². The molecule has 2 rings (SSSR count). The van der Waals surface area contributed by atoms with Gasteiger partial charge in [-0.2, -0.15) is 11.8 Å². The van der Waals surface area contributed by atoms with Gasteiger partial charge >= 0.3 is 0 Å². The molecule has 5 nitrogen and oxygen atoms in total. The summed E-state index contributed by atoms with van der Waals surface area (Å²) in [6.45, 7) is 1.88. The van der Waals surface area contributed by atoms with Gasteiger partial charge < -0.3 is 5.32 Å². The third-order valence-electron chi connectivity index (χ3n) is 3.93. The molecule has 0 saturated heterocycles. The molecule has 0 aliphatic heterocycles. The van der Waals surface area contributed by atoms with E-state index in [2.05, 4.69) is 5.32 Å². The summed E-state index contributed by atoms with van der Waals surface area (Å²) in [6.07, 6.45) is 1.01. The quantitative estimate of drug-likeness (QED) is 0.599. The zero-order valence-corrected chi connectivity index (χ0v) is 18.0. The molecule has 1 N–H and O–H groups in total. The number of carbonyl (C=O) groups is 1. The van der Waals surface area contributed by atoms with Gasteiger partial charge in [0.15, 0.2) is 0 Å². The lowest BCUT2D eigenvalue weighted by Gasteiger charge is -2.28. The molecule has 2 aromatic carbocycles. The molecule has 0 heterocycles. The van der Waals surface area contributed by atoms with Crippen molar-refractivity contribution in [3.8, 4) is 0 Å². The predicted molar refractivity (Wildman–Crippen MR) is 114 cm³/mol. The maximum atomic E-state index is 13.1. The summed E-state index contributed by atoms with van der Waals surface area (Å²) in [5.41, 5.74) is 1.26. The molecule has 0 aliphatic carbocycles. The van der Waals surface area contributed by atoms with Crippen molar-refractivity contribution in [3.63, 3.8) is 0 Å². The van der Waals surface area contributed by atoms with Crippen molar-refractivity contribution in [1.82, 2.24) is 5.32 Å². The van der Waals surface area contributed by atoms with Crippen LogP contribution >= 0.6 is 23.4 Å². The smallest absolute Gasteiger partial charge is 0.243 e. The van der Waals surface area contributed by atoms with Crippen molar-refractivity contribution < 1.29 is 17.6 Å². The summed E-state index contributed by atoms with van der Waals surface area (Å²) in [4.78, 5) is 12.4. The normalized spacial score (nSPS) is 12.4. The highest BCUT2D eigenvalue weighted by Crippen LogP contribution is 2.22. The highest BCUT2D eigenvalue weighted by molar-refractivity contribution is 7.98. The topological polar surface area (TPSA) is 66.5 Å². The third-order valence-corrected chi connectivity index (χ3v) is 6.55. The summed E-state index contributed by atoms with van der Waals surface area (Å²) >= 11 is 7.72. The van der Waals surface area contributed by atoms with E-state index in [4.69, 9.17) is 11.6 Å². The number of carbonyl (C=O) groups excluding carboxylic acids is 1. The van der Waals surface area contributed by atoms with Crippen molar-refractivity contribution in [3.05, 3.63) is 64.9 Å². The number of halogens is 2. The fourth-order valence-electron chi connectivity index (χ4n) is 2.59. The first-order valence-corrected chi connectivity index (χ1v) is 11.9. The lowest BCUT2D eigenvalue weighted by Crippen LogP contribution is -2.48. The predicted octanol–water partition coefficient (Wildman–Crippen LogP) is 3.68. The van der Waals surface area contributed by atoms with Crippen LogP contribution in [-0.2, 0) is 20.6 Å². The Morgan fingerprint density at radius 3 is 2.46 bits per heavy atom. The molecule has 0 aromatic heterocycles. The Balaban J connectivity index is 1.90. The third kappa shape index (κ3) is 6.39. The number of rotatable bonds is 9. The maximum Gasteiger partial charge on any atom is 0.243 e. The van der Waals surface area contributed by atoms with Crippen molar-refractivity contribution in [1.29, 1.82) is 0 Å². The van der Waals surface area contributed by atoms with E-state index in [-0.39, 0.29) is 5.69 Å². The molecule has 0 aliphatic rings. The standard InChI is InChI=1S/C19H22ClFN2O3S2/c1-14(23(28(2,25)26)17-9-7-16(21)8-10-17)19(24)22-11-12-27-13-15-5-3-4-6-18(15)20/h3-10,14H,11-13H2,1-2H3,(H,22,24). The van der Waals surface area contributed by atoms with Crippen LogP contribution in [0.15, 0.2) is 48.5 Å². The molecule has 1 atom stereocenters. The zero-order valence-electron chi connectivity index (χ0n) is 15.6. The fraction of sp³-hybridized carbons (Fsp3) is 0.316. The minimum Gasteiger partial charge on any atom is -0.353 e. The van der Waals surface area contributed by atoms with E-state index in [1.54, 1.807) is 11.8 Å². The van der Waals surface area contributed by atoms with Gasteiger partial charge in [-0.25, -0.2) is 12.8 Å². The molecular weight excluding hydrogens is 423 g/mol. The minimum absolute atomic E-state index is 0.236. The zero-order chi connectivity index (χ0) is 20.7. The van der Waals surface area contributed by atoms with Crippen LogP contribution in [0.25, 0.3) is 0 Å². The number of anilines is 1. The molecule has 0 bridgehead atoms. The molecule has 1 unspecified atom stereocenters. The molecule has 28 heavy (non-hydrogen) atoms. The second kappa shape index (κ2) is 10.1. The van der Waals surface area contributed by atoms with E-state index in [9.17, 15) is 17.6 Å². The summed E-state index contributed by atoms with van der Waals surface area (Å²) in [5.74, 6) is 0.466. The van der Waals surface area contributed by atoms with E-state index in [1.807, 2.05) is 24.3 Å². The number of hydrogen-bond donors (Lipinski definition) is 1. The fourth-order valence-corrected chi connectivity index (χ4v) is 4.91. The second-order valence-electron chi connectivity index (χ2n) is 6.15. The minimum atomic E-state index is -3.72. The first-order valence-electron chi connectivity index (χ1n) is 8.54. The van der Waals surface area contributed by atoms with Crippen LogP contribution < -0.4 is 9.62 Å². The number of sulfonamides is 1. The number of amides is 1. The Labute approximate surface area is 174 Å². The van der Waals surface area contributed by atoms with Crippen LogP contribution in [0.4, 0.5) is 10.1 Å². The average Bonchev–Trinajstić information content (AvgIpc) is 2.63. The number of benzene rings is 2. The Morgan fingerprint density at radius 2 is 1.86 bits per heavy atom. The number of thioether (sulfide) groups is 1. The molecule has 0 spiro atoms. The Hall–Kier alpha value is -1.77. The molecule has 1 amide bonds. The summed E-state index contributed by atoms with van der Waals surface area (Å²) < 4.78 is 38.4. The van der Waals surface area contributed by atoms with E-state index < -0.39 is 27.8 Å². The maximum absolute atomic E-state index is 13.1. The number of hydrogen-bond acceptors (Lipinski definition) is 4. The van der Waals surface area contributed by atoms with Crippen LogP contribution in [0.5, 0.6) is 0 Å². The molecule has 152 valence electrons. The first kappa shape index (κ1) is 22.5. The number of nitrogens with one attached hydrogen (secondary N) is 1. The van der Waals surface area contributed by atoms with Gasteiger partial charge in [-0.05, 0) is 42.8 Å². The second-order valence-corrected chi connectivity index (χ2v) is 9.52. The highest BCUT2D eigenvalue weighted by Gasteiger charge is 2.28. The Bertz CT molecular complexity index is 908. The Morgan fingerprint density at radius 1 is 1.21 bits per heavy atom. The largest absolute Gasteiger partial charge is 0.353 e. The molecule has 0 fully saturated rings. The van der Waals surface area contributed by atoms with E-state index in [0.717, 1.165) is 34.0 Å². The van der Waals surface area contributed by atoms with Crippen LogP contribution in [0.1, 0.15) is 12.5 Å². The molecule has 9 heteroatoms. The van der Waals surface area contributed by atoms with Gasteiger partial charge in [0.25, 0.3) is 0 Å². The van der Waals surface area contributed by atoms with Crippen molar-refractivity contribution in [2.24, 2.45) is 0 Å². The summed E-state index contributed by atoms with van der Waals surface area (Å²) in [7, 11) is -3.72. The van der Waals surface area contributed by atoms with Gasteiger partial charge in [-0.1, -0.05) is 29.8 Å². The van der Waals surface area contributed by atoms with Crippen LogP contribution in [-0.4, -0.2) is 38.9 Å². The van der Waals surface area contributed by atoms with Gasteiger partial charge in [0.05, 0.1) is 11.9 Å².